The molecular formula is C30H34FN3O6S. The van der Waals surface area contributed by atoms with Crippen molar-refractivity contribution in [3.05, 3.63) is 66.0 Å². The van der Waals surface area contributed by atoms with Gasteiger partial charge in [0.1, 0.15) is 28.6 Å². The Morgan fingerprint density at radius 1 is 1.00 bits per heavy atom. The van der Waals surface area contributed by atoms with Crippen molar-refractivity contribution in [1.82, 2.24) is 10.3 Å². The summed E-state index contributed by atoms with van der Waals surface area (Å²) in [5.74, 6) is 1.15. The van der Waals surface area contributed by atoms with Gasteiger partial charge >= 0.3 is 10.1 Å². The van der Waals surface area contributed by atoms with E-state index < -0.39 is 10.1 Å². The topological polar surface area (TPSA) is 103 Å². The summed E-state index contributed by atoms with van der Waals surface area (Å²) in [6.45, 7) is 6.94. The van der Waals surface area contributed by atoms with Crippen LogP contribution in [0.3, 0.4) is 0 Å². The van der Waals surface area contributed by atoms with E-state index in [1.54, 1.807) is 30.3 Å². The molecule has 1 aromatic heterocycles. The zero-order chi connectivity index (χ0) is 29.0. The van der Waals surface area contributed by atoms with Crippen LogP contribution in [0.25, 0.3) is 22.2 Å². The highest BCUT2D eigenvalue weighted by Crippen LogP contribution is 2.41. The van der Waals surface area contributed by atoms with Crippen LogP contribution in [0, 0.1) is 5.82 Å². The molecule has 0 bridgehead atoms. The van der Waals surface area contributed by atoms with Gasteiger partial charge in [-0.2, -0.15) is 13.4 Å². The van der Waals surface area contributed by atoms with Crippen LogP contribution in [-0.4, -0.2) is 52.0 Å². The molecule has 41 heavy (non-hydrogen) atoms. The molecule has 11 heteroatoms. The Kier molecular flexibility index (Phi) is 8.65. The summed E-state index contributed by atoms with van der Waals surface area (Å²) in [4.78, 5) is 6.87. The van der Waals surface area contributed by atoms with Gasteiger partial charge in [-0.25, -0.2) is 4.39 Å². The third-order valence-corrected chi connectivity index (χ3v) is 7.30. The highest BCUT2D eigenvalue weighted by atomic mass is 32.2. The van der Waals surface area contributed by atoms with E-state index >= 15 is 0 Å². The van der Waals surface area contributed by atoms with Gasteiger partial charge in [0.25, 0.3) is 6.01 Å². The van der Waals surface area contributed by atoms with Crippen molar-refractivity contribution in [2.75, 3.05) is 37.5 Å². The molecule has 0 aliphatic carbocycles. The fourth-order valence-corrected chi connectivity index (χ4v) is 5.54. The molecule has 3 aromatic carbocycles. The van der Waals surface area contributed by atoms with Crippen molar-refractivity contribution in [3.63, 3.8) is 0 Å². The van der Waals surface area contributed by atoms with Gasteiger partial charge in [-0.3, -0.25) is 0 Å². The Morgan fingerprint density at radius 3 is 2.27 bits per heavy atom. The first-order valence-electron chi connectivity index (χ1n) is 13.7. The zero-order valence-electron chi connectivity index (χ0n) is 23.4. The van der Waals surface area contributed by atoms with Crippen molar-refractivity contribution >= 4 is 27.2 Å². The van der Waals surface area contributed by atoms with Crippen molar-refractivity contribution in [2.24, 2.45) is 0 Å². The second-order valence-electron chi connectivity index (χ2n) is 9.86. The zero-order valence-corrected chi connectivity index (χ0v) is 24.2. The number of ether oxygens (including phenoxy) is 2. The monoisotopic (exact) mass is 583 g/mol. The predicted molar refractivity (Wildman–Crippen MR) is 156 cm³/mol. The number of fused-ring (bicyclic) bond motifs is 1. The standard InChI is InChI=1S/C30H34FN3O6S/c1-4-37-27-16-20(17-28(38-5-2)29(27)21-6-8-22(31)9-7-21)19-34(23-12-14-32-15-13-23)30-33-25-18-24(40-41(3,35)36)10-11-26(25)39-30/h6-11,16-18,23,32H,4-5,12-15,19H2,1-3H3. The number of nitrogens with zero attached hydrogens (tertiary/aromatic N) is 2. The Labute approximate surface area is 239 Å². The van der Waals surface area contributed by atoms with Gasteiger partial charge in [0, 0.05) is 18.7 Å². The highest BCUT2D eigenvalue weighted by Gasteiger charge is 2.27. The Bertz CT molecular complexity index is 1570. The van der Waals surface area contributed by atoms with Crippen molar-refractivity contribution in [1.29, 1.82) is 0 Å². The molecule has 0 radical (unpaired) electrons. The molecule has 1 saturated heterocycles. The van der Waals surface area contributed by atoms with E-state index in [0.717, 1.165) is 48.9 Å². The normalized spacial score (nSPS) is 14.2. The minimum atomic E-state index is -3.67. The summed E-state index contributed by atoms with van der Waals surface area (Å²) < 4.78 is 60.3. The summed E-state index contributed by atoms with van der Waals surface area (Å²) in [6.07, 6.45) is 2.79. The number of nitrogens with one attached hydrogen (secondary N) is 1. The minimum Gasteiger partial charge on any atom is -0.493 e. The molecule has 0 atom stereocenters. The molecule has 1 fully saturated rings. The summed E-state index contributed by atoms with van der Waals surface area (Å²) in [5.41, 5.74) is 3.52. The molecular weight excluding hydrogens is 549 g/mol. The first-order valence-corrected chi connectivity index (χ1v) is 15.5. The summed E-state index contributed by atoms with van der Waals surface area (Å²) in [5, 5.41) is 3.40. The molecule has 1 aliphatic heterocycles. The molecule has 0 spiro atoms. The van der Waals surface area contributed by atoms with E-state index in [0.29, 0.717) is 48.4 Å². The summed E-state index contributed by atoms with van der Waals surface area (Å²) >= 11 is 0. The van der Waals surface area contributed by atoms with Crippen LogP contribution in [0.1, 0.15) is 32.3 Å². The molecule has 1 N–H and O–H groups in total. The van der Waals surface area contributed by atoms with E-state index in [-0.39, 0.29) is 17.6 Å². The van der Waals surface area contributed by atoms with Gasteiger partial charge in [-0.15, -0.1) is 0 Å². The lowest BCUT2D eigenvalue weighted by atomic mass is 9.99. The maximum absolute atomic E-state index is 13.7. The van der Waals surface area contributed by atoms with Crippen LogP contribution < -0.4 is 23.9 Å². The Morgan fingerprint density at radius 2 is 1.66 bits per heavy atom. The van der Waals surface area contributed by atoms with Crippen LogP contribution in [0.4, 0.5) is 10.4 Å². The van der Waals surface area contributed by atoms with Crippen molar-refractivity contribution in [3.8, 4) is 28.4 Å². The van der Waals surface area contributed by atoms with Crippen molar-refractivity contribution in [2.45, 2.75) is 39.3 Å². The molecule has 218 valence electrons. The van der Waals surface area contributed by atoms with Crippen LogP contribution in [0.5, 0.6) is 17.2 Å². The lowest BCUT2D eigenvalue weighted by Gasteiger charge is -2.34. The molecule has 4 aromatic rings. The Balaban J connectivity index is 1.55. The maximum atomic E-state index is 13.7. The van der Waals surface area contributed by atoms with Gasteiger partial charge in [-0.1, -0.05) is 12.1 Å². The van der Waals surface area contributed by atoms with E-state index in [1.165, 1.54) is 12.1 Å². The number of hydrogen-bond donors (Lipinski definition) is 1. The second kappa shape index (κ2) is 12.4. The fraction of sp³-hybridized carbons (Fsp3) is 0.367. The number of benzene rings is 3. The summed E-state index contributed by atoms with van der Waals surface area (Å²) in [7, 11) is -3.67. The molecule has 0 saturated carbocycles. The smallest absolute Gasteiger partial charge is 0.306 e. The SMILES string of the molecule is CCOc1cc(CN(c2nc3cc(OS(C)(=O)=O)ccc3o2)C2CCNCC2)cc(OCC)c1-c1ccc(F)cc1. The number of rotatable bonds is 11. The highest BCUT2D eigenvalue weighted by molar-refractivity contribution is 7.86. The van der Waals surface area contributed by atoms with Crippen LogP contribution >= 0.6 is 0 Å². The third-order valence-electron chi connectivity index (χ3n) is 6.80. The maximum Gasteiger partial charge on any atom is 0.306 e. The predicted octanol–water partition coefficient (Wildman–Crippen LogP) is 5.53. The average Bonchev–Trinajstić information content (AvgIpc) is 3.35. The fourth-order valence-electron chi connectivity index (χ4n) is 5.09. The first kappa shape index (κ1) is 28.7. The lowest BCUT2D eigenvalue weighted by Crippen LogP contribution is -2.43. The molecule has 1 aliphatic rings. The number of oxazole rings is 1. The third kappa shape index (κ3) is 6.91. The number of halogens is 1. The number of aromatic nitrogens is 1. The molecule has 0 unspecified atom stereocenters. The van der Waals surface area contributed by atoms with Gasteiger partial charge in [0.15, 0.2) is 5.58 Å². The quantitative estimate of drug-likeness (QED) is 0.228. The van der Waals surface area contributed by atoms with E-state index in [9.17, 15) is 12.8 Å². The van der Waals surface area contributed by atoms with Gasteiger partial charge in [-0.05, 0) is 87.3 Å². The molecule has 9 nitrogen and oxygen atoms in total. The molecule has 0 amide bonds. The van der Waals surface area contributed by atoms with Crippen molar-refractivity contribution < 1.29 is 30.9 Å². The molecule has 5 rings (SSSR count). The van der Waals surface area contributed by atoms with Crippen LogP contribution in [0.2, 0.25) is 0 Å². The van der Waals surface area contributed by atoms with Gasteiger partial charge < -0.3 is 28.3 Å². The summed E-state index contributed by atoms with van der Waals surface area (Å²) in [6, 6.07) is 15.6. The van der Waals surface area contributed by atoms with E-state index in [2.05, 4.69) is 10.2 Å². The first-order chi connectivity index (χ1) is 19.7. The van der Waals surface area contributed by atoms with Crippen LogP contribution in [-0.2, 0) is 16.7 Å². The lowest BCUT2D eigenvalue weighted by molar-refractivity contribution is 0.324. The largest absolute Gasteiger partial charge is 0.493 e. The number of piperidine rings is 1. The average molecular weight is 584 g/mol. The second-order valence-corrected chi connectivity index (χ2v) is 11.4. The van der Waals surface area contributed by atoms with E-state index in [1.807, 2.05) is 26.0 Å². The van der Waals surface area contributed by atoms with Crippen LogP contribution in [0.15, 0.2) is 59.0 Å². The van der Waals surface area contributed by atoms with E-state index in [4.69, 9.17) is 23.1 Å². The minimum absolute atomic E-state index is 0.152. The number of anilines is 1. The number of hydrogen-bond acceptors (Lipinski definition) is 9. The molecule has 2 heterocycles. The Hall–Kier alpha value is -3.83. The van der Waals surface area contributed by atoms with Gasteiger partial charge in [0.2, 0.25) is 0 Å². The van der Waals surface area contributed by atoms with Gasteiger partial charge in [0.05, 0.1) is 25.0 Å².